The molecule has 1 aliphatic rings. The maximum Gasteiger partial charge on any atom is 0.0668 e. The molecule has 1 aliphatic carbocycles. The second kappa shape index (κ2) is 4.65. The lowest BCUT2D eigenvalue weighted by Gasteiger charge is -2.34. The lowest BCUT2D eigenvalue weighted by Crippen LogP contribution is -2.39. The Labute approximate surface area is 95.5 Å². The Morgan fingerprint density at radius 3 is 2.40 bits per heavy atom. The van der Waals surface area contributed by atoms with E-state index >= 15 is 0 Å². The zero-order valence-corrected chi connectivity index (χ0v) is 10.9. The SMILES string of the molecule is CC1CCC(C#N)C(S(=O)C(C)(C)C)C1. The summed E-state index contributed by atoms with van der Waals surface area (Å²) in [5.41, 5.74) is 0. The van der Waals surface area contributed by atoms with Crippen molar-refractivity contribution in [3.05, 3.63) is 0 Å². The number of hydrogen-bond donors (Lipinski definition) is 0. The van der Waals surface area contributed by atoms with Crippen LogP contribution < -0.4 is 0 Å². The molecule has 86 valence electrons. The normalized spacial score (nSPS) is 34.5. The predicted molar refractivity (Wildman–Crippen MR) is 63.8 cm³/mol. The van der Waals surface area contributed by atoms with Crippen LogP contribution in [-0.2, 0) is 10.8 Å². The zero-order valence-electron chi connectivity index (χ0n) is 10.1. The van der Waals surface area contributed by atoms with Crippen LogP contribution in [0.25, 0.3) is 0 Å². The fraction of sp³-hybridized carbons (Fsp3) is 0.917. The molecule has 2 nitrogen and oxygen atoms in total. The molecule has 0 spiro atoms. The van der Waals surface area contributed by atoms with E-state index in [4.69, 9.17) is 5.26 Å². The van der Waals surface area contributed by atoms with Crippen molar-refractivity contribution in [1.82, 2.24) is 0 Å². The Balaban J connectivity index is 2.81. The van der Waals surface area contributed by atoms with Crippen molar-refractivity contribution in [2.75, 3.05) is 0 Å². The molecular formula is C12H21NOS. The summed E-state index contributed by atoms with van der Waals surface area (Å²) in [6, 6.07) is 2.33. The average molecular weight is 227 g/mol. The second-order valence-corrected chi connectivity index (χ2v) is 8.03. The minimum atomic E-state index is -0.897. The maximum absolute atomic E-state index is 12.3. The topological polar surface area (TPSA) is 40.9 Å². The van der Waals surface area contributed by atoms with Gasteiger partial charge in [0.15, 0.2) is 0 Å². The van der Waals surface area contributed by atoms with E-state index in [0.717, 1.165) is 19.3 Å². The van der Waals surface area contributed by atoms with Crippen LogP contribution in [0.2, 0.25) is 0 Å². The average Bonchev–Trinajstić information content (AvgIpc) is 2.15. The van der Waals surface area contributed by atoms with Gasteiger partial charge in [-0.15, -0.1) is 0 Å². The van der Waals surface area contributed by atoms with Crippen LogP contribution in [0.1, 0.15) is 47.0 Å². The van der Waals surface area contributed by atoms with E-state index in [1.807, 2.05) is 20.8 Å². The lowest BCUT2D eigenvalue weighted by atomic mass is 9.83. The highest BCUT2D eigenvalue weighted by Gasteiger charge is 2.37. The fourth-order valence-electron chi connectivity index (χ4n) is 2.17. The van der Waals surface area contributed by atoms with E-state index < -0.39 is 10.8 Å². The number of nitriles is 1. The molecule has 0 aromatic heterocycles. The third-order valence-corrected chi connectivity index (χ3v) is 5.38. The summed E-state index contributed by atoms with van der Waals surface area (Å²) >= 11 is 0. The minimum Gasteiger partial charge on any atom is -0.259 e. The van der Waals surface area contributed by atoms with Crippen LogP contribution in [-0.4, -0.2) is 14.2 Å². The molecule has 4 atom stereocenters. The highest BCUT2D eigenvalue weighted by Crippen LogP contribution is 2.34. The molecular weight excluding hydrogens is 206 g/mol. The zero-order chi connectivity index (χ0) is 11.6. The molecule has 0 aliphatic heterocycles. The summed E-state index contributed by atoms with van der Waals surface area (Å²) in [5.74, 6) is 0.618. The molecule has 0 saturated heterocycles. The number of rotatable bonds is 1. The van der Waals surface area contributed by atoms with Gasteiger partial charge < -0.3 is 0 Å². The molecule has 4 unspecified atom stereocenters. The van der Waals surface area contributed by atoms with Crippen molar-refractivity contribution in [1.29, 1.82) is 5.26 Å². The van der Waals surface area contributed by atoms with Crippen LogP contribution in [0.15, 0.2) is 0 Å². The highest BCUT2D eigenvalue weighted by molar-refractivity contribution is 7.87. The molecule has 0 aromatic rings. The van der Waals surface area contributed by atoms with Crippen LogP contribution in [0.4, 0.5) is 0 Å². The van der Waals surface area contributed by atoms with E-state index in [0.29, 0.717) is 5.92 Å². The summed E-state index contributed by atoms with van der Waals surface area (Å²) in [4.78, 5) is 0. The van der Waals surface area contributed by atoms with Gasteiger partial charge in [0.1, 0.15) is 0 Å². The van der Waals surface area contributed by atoms with Crippen molar-refractivity contribution in [3.8, 4) is 6.07 Å². The number of hydrogen-bond acceptors (Lipinski definition) is 2. The number of nitrogens with zero attached hydrogens (tertiary/aromatic N) is 1. The van der Waals surface area contributed by atoms with Gasteiger partial charge in [-0.05, 0) is 46.0 Å². The van der Waals surface area contributed by atoms with Gasteiger partial charge in [-0.2, -0.15) is 5.26 Å². The quantitative estimate of drug-likeness (QED) is 0.691. The van der Waals surface area contributed by atoms with Gasteiger partial charge in [0, 0.05) is 15.5 Å². The van der Waals surface area contributed by atoms with Crippen molar-refractivity contribution in [2.45, 2.75) is 57.0 Å². The first kappa shape index (κ1) is 12.7. The van der Waals surface area contributed by atoms with Crippen molar-refractivity contribution >= 4 is 10.8 Å². The smallest absolute Gasteiger partial charge is 0.0668 e. The first-order chi connectivity index (χ1) is 6.86. The Hall–Kier alpha value is -0.360. The van der Waals surface area contributed by atoms with Gasteiger partial charge in [0.05, 0.1) is 17.2 Å². The van der Waals surface area contributed by atoms with Gasteiger partial charge in [-0.3, -0.25) is 4.21 Å². The first-order valence-electron chi connectivity index (χ1n) is 5.66. The van der Waals surface area contributed by atoms with E-state index in [-0.39, 0.29) is 15.9 Å². The Morgan fingerprint density at radius 2 is 1.93 bits per heavy atom. The molecule has 0 N–H and O–H groups in total. The molecule has 3 heteroatoms. The van der Waals surface area contributed by atoms with Crippen LogP contribution in [0.5, 0.6) is 0 Å². The van der Waals surface area contributed by atoms with Gasteiger partial charge in [0.2, 0.25) is 0 Å². The fourth-order valence-corrected chi connectivity index (χ4v) is 4.07. The monoisotopic (exact) mass is 227 g/mol. The van der Waals surface area contributed by atoms with E-state index in [9.17, 15) is 4.21 Å². The molecule has 1 rings (SSSR count). The molecule has 15 heavy (non-hydrogen) atoms. The molecule has 0 amide bonds. The van der Waals surface area contributed by atoms with E-state index in [2.05, 4.69) is 13.0 Å². The second-order valence-electron chi connectivity index (χ2n) is 5.60. The van der Waals surface area contributed by atoms with Gasteiger partial charge in [-0.1, -0.05) is 6.92 Å². The van der Waals surface area contributed by atoms with Gasteiger partial charge in [-0.25, -0.2) is 0 Å². The van der Waals surface area contributed by atoms with Crippen molar-refractivity contribution < 1.29 is 4.21 Å². The third kappa shape index (κ3) is 3.04. The molecule has 0 bridgehead atoms. The third-order valence-electron chi connectivity index (χ3n) is 3.10. The van der Waals surface area contributed by atoms with Crippen LogP contribution in [0.3, 0.4) is 0 Å². The van der Waals surface area contributed by atoms with Gasteiger partial charge in [0.25, 0.3) is 0 Å². The minimum absolute atomic E-state index is 0.00117. The molecule has 0 aromatic carbocycles. The summed E-state index contributed by atoms with van der Waals surface area (Å²) in [6.45, 7) is 8.19. The highest BCUT2D eigenvalue weighted by atomic mass is 32.2. The Morgan fingerprint density at radius 1 is 1.33 bits per heavy atom. The summed E-state index contributed by atoms with van der Waals surface area (Å²) in [5, 5.41) is 9.16. The summed E-state index contributed by atoms with van der Waals surface area (Å²) < 4.78 is 12.1. The van der Waals surface area contributed by atoms with E-state index in [1.54, 1.807) is 0 Å². The van der Waals surface area contributed by atoms with Gasteiger partial charge >= 0.3 is 0 Å². The predicted octanol–water partition coefficient (Wildman–Crippen LogP) is 2.86. The van der Waals surface area contributed by atoms with E-state index in [1.165, 1.54) is 0 Å². The molecule has 1 fully saturated rings. The lowest BCUT2D eigenvalue weighted by molar-refractivity contribution is 0.339. The summed E-state index contributed by atoms with van der Waals surface area (Å²) in [6.07, 6.45) is 2.97. The largest absolute Gasteiger partial charge is 0.259 e. The maximum atomic E-state index is 12.3. The molecule has 0 radical (unpaired) electrons. The standard InChI is InChI=1S/C12H21NOS/c1-9-5-6-10(8-13)11(7-9)15(14)12(2,3)4/h9-11H,5-7H2,1-4H3. The Bertz CT molecular complexity index is 287. The molecule has 1 saturated carbocycles. The summed E-state index contributed by atoms with van der Waals surface area (Å²) in [7, 11) is -0.897. The first-order valence-corrected chi connectivity index (χ1v) is 6.88. The van der Waals surface area contributed by atoms with Crippen LogP contribution >= 0.6 is 0 Å². The van der Waals surface area contributed by atoms with Crippen LogP contribution in [0, 0.1) is 23.2 Å². The van der Waals surface area contributed by atoms with Crippen molar-refractivity contribution in [2.24, 2.45) is 11.8 Å². The Kier molecular flexibility index (Phi) is 3.94. The van der Waals surface area contributed by atoms with Crippen molar-refractivity contribution in [3.63, 3.8) is 0 Å². The molecule has 0 heterocycles.